The molecule has 0 spiro atoms. The molecule has 0 aromatic heterocycles. The lowest BCUT2D eigenvalue weighted by Crippen LogP contribution is -2.28. The van der Waals surface area contributed by atoms with Gasteiger partial charge in [0.1, 0.15) is 0 Å². The van der Waals surface area contributed by atoms with Crippen molar-refractivity contribution in [3.8, 4) is 11.5 Å². The summed E-state index contributed by atoms with van der Waals surface area (Å²) in [4.78, 5) is 11.9. The normalized spacial score (nSPS) is 11.0. The van der Waals surface area contributed by atoms with Gasteiger partial charge >= 0.3 is 12.2 Å². The van der Waals surface area contributed by atoms with Gasteiger partial charge in [-0.25, -0.2) is 4.79 Å². The number of methoxy groups -OCH3 is 1. The highest BCUT2D eigenvalue weighted by atomic mass is 35.5. The van der Waals surface area contributed by atoms with Gasteiger partial charge in [-0.2, -0.15) is 13.2 Å². The largest absolute Gasteiger partial charge is 0.493 e. The third-order valence-electron chi connectivity index (χ3n) is 3.15. The first-order valence-electron chi connectivity index (χ1n) is 7.44. The summed E-state index contributed by atoms with van der Waals surface area (Å²) in [5.74, 6) is -0.00315. The van der Waals surface area contributed by atoms with Crippen LogP contribution in [0.25, 0.3) is 0 Å². The summed E-state index contributed by atoms with van der Waals surface area (Å²) in [6, 6.07) is 10.6. The van der Waals surface area contributed by atoms with Crippen molar-refractivity contribution in [2.75, 3.05) is 19.0 Å². The lowest BCUT2D eigenvalue weighted by molar-refractivity contribution is -0.153. The van der Waals surface area contributed by atoms with Gasteiger partial charge in [-0.15, -0.1) is 0 Å². The number of benzene rings is 2. The second-order valence-electron chi connectivity index (χ2n) is 5.21. The summed E-state index contributed by atoms with van der Waals surface area (Å²) >= 11 is 5.86. The Hall–Kier alpha value is -2.61. The van der Waals surface area contributed by atoms with E-state index in [9.17, 15) is 18.0 Å². The molecule has 0 atom stereocenters. The number of carbonyl (C=O) groups excluding carboxylic acids is 1. The van der Waals surface area contributed by atoms with Crippen LogP contribution in [0, 0.1) is 0 Å². The van der Waals surface area contributed by atoms with Gasteiger partial charge in [-0.05, 0) is 29.8 Å². The Balaban J connectivity index is 1.98. The molecular weight excluding hydrogens is 373 g/mol. The zero-order chi connectivity index (χ0) is 19.2. The van der Waals surface area contributed by atoms with Crippen LogP contribution in [0.2, 0.25) is 5.02 Å². The molecule has 2 rings (SSSR count). The number of hydrogen-bond acceptors (Lipinski definition) is 3. The summed E-state index contributed by atoms with van der Waals surface area (Å²) < 4.78 is 46.6. The van der Waals surface area contributed by atoms with Gasteiger partial charge in [0, 0.05) is 23.3 Å². The number of alkyl halides is 3. The van der Waals surface area contributed by atoms with Crippen LogP contribution in [0.15, 0.2) is 42.5 Å². The van der Waals surface area contributed by atoms with E-state index in [-0.39, 0.29) is 23.7 Å². The maximum absolute atomic E-state index is 12.3. The quantitative estimate of drug-likeness (QED) is 0.759. The number of ether oxygens (including phenoxy) is 2. The standard InChI is InChI=1S/C17H16ClF3N2O3/c1-25-14-6-5-13(8-15(14)26-10-17(19,20)21)23-16(24)22-9-11-3-2-4-12(18)7-11/h2-8H,9-10H2,1H3,(H2,22,23,24). The molecule has 0 aliphatic rings. The molecule has 2 N–H and O–H groups in total. The number of nitrogens with one attached hydrogen (secondary N) is 2. The predicted octanol–water partition coefficient (Wildman–Crippen LogP) is 4.61. The van der Waals surface area contributed by atoms with Crippen LogP contribution in [0.3, 0.4) is 0 Å². The molecule has 140 valence electrons. The third kappa shape index (κ3) is 6.36. The second kappa shape index (κ2) is 8.66. The number of hydrogen-bond donors (Lipinski definition) is 2. The number of halogens is 4. The SMILES string of the molecule is COc1ccc(NC(=O)NCc2cccc(Cl)c2)cc1OCC(F)(F)F. The smallest absolute Gasteiger partial charge is 0.422 e. The van der Waals surface area contributed by atoms with Gasteiger partial charge in [0.25, 0.3) is 0 Å². The molecule has 0 unspecified atom stereocenters. The van der Waals surface area contributed by atoms with Crippen LogP contribution in [0.5, 0.6) is 11.5 Å². The van der Waals surface area contributed by atoms with Crippen LogP contribution in [0.4, 0.5) is 23.7 Å². The lowest BCUT2D eigenvalue weighted by Gasteiger charge is -2.14. The molecule has 0 saturated carbocycles. The molecule has 0 aliphatic heterocycles. The number of carbonyl (C=O) groups is 1. The maximum atomic E-state index is 12.3. The minimum Gasteiger partial charge on any atom is -0.493 e. The van der Waals surface area contributed by atoms with Gasteiger partial charge in [-0.1, -0.05) is 23.7 Å². The Morgan fingerprint density at radius 3 is 2.58 bits per heavy atom. The zero-order valence-corrected chi connectivity index (χ0v) is 14.4. The van der Waals surface area contributed by atoms with Crippen molar-refractivity contribution in [1.29, 1.82) is 0 Å². The van der Waals surface area contributed by atoms with Crippen LogP contribution in [-0.2, 0) is 6.54 Å². The zero-order valence-electron chi connectivity index (χ0n) is 13.7. The van der Waals surface area contributed by atoms with Crippen LogP contribution in [-0.4, -0.2) is 25.9 Å². The van der Waals surface area contributed by atoms with E-state index >= 15 is 0 Å². The fraction of sp³-hybridized carbons (Fsp3) is 0.235. The van der Waals surface area contributed by atoms with Crippen molar-refractivity contribution >= 4 is 23.3 Å². The van der Waals surface area contributed by atoms with Gasteiger partial charge < -0.3 is 20.1 Å². The van der Waals surface area contributed by atoms with Crippen molar-refractivity contribution in [1.82, 2.24) is 5.32 Å². The second-order valence-corrected chi connectivity index (χ2v) is 5.64. The highest BCUT2D eigenvalue weighted by Gasteiger charge is 2.29. The summed E-state index contributed by atoms with van der Waals surface area (Å²) in [5.41, 5.74) is 1.06. The fourth-order valence-corrected chi connectivity index (χ4v) is 2.24. The average Bonchev–Trinajstić information content (AvgIpc) is 2.58. The molecule has 2 amide bonds. The predicted molar refractivity (Wildman–Crippen MR) is 91.9 cm³/mol. The Morgan fingerprint density at radius 2 is 1.92 bits per heavy atom. The van der Waals surface area contributed by atoms with Gasteiger partial charge in [0.05, 0.1) is 7.11 Å². The number of rotatable bonds is 6. The molecule has 5 nitrogen and oxygen atoms in total. The lowest BCUT2D eigenvalue weighted by atomic mass is 10.2. The van der Waals surface area contributed by atoms with Crippen molar-refractivity contribution in [3.05, 3.63) is 53.1 Å². The summed E-state index contributed by atoms with van der Waals surface area (Å²) in [6.07, 6.45) is -4.48. The molecule has 0 heterocycles. The van der Waals surface area contributed by atoms with Gasteiger partial charge in [0.2, 0.25) is 0 Å². The average molecular weight is 389 g/mol. The first-order chi connectivity index (χ1) is 12.3. The molecule has 0 aliphatic carbocycles. The molecule has 0 saturated heterocycles. The van der Waals surface area contributed by atoms with Crippen LogP contribution in [0.1, 0.15) is 5.56 Å². The molecule has 2 aromatic rings. The summed E-state index contributed by atoms with van der Waals surface area (Å²) in [5, 5.41) is 5.68. The first-order valence-corrected chi connectivity index (χ1v) is 7.81. The molecule has 0 bridgehead atoms. The highest BCUT2D eigenvalue weighted by Crippen LogP contribution is 2.31. The minimum atomic E-state index is -4.48. The van der Waals surface area contributed by atoms with E-state index in [2.05, 4.69) is 10.6 Å². The number of urea groups is 1. The number of anilines is 1. The summed E-state index contributed by atoms with van der Waals surface area (Å²) in [7, 11) is 1.31. The highest BCUT2D eigenvalue weighted by molar-refractivity contribution is 6.30. The van der Waals surface area contributed by atoms with E-state index < -0.39 is 18.8 Å². The molecule has 9 heteroatoms. The van der Waals surface area contributed by atoms with E-state index in [1.807, 2.05) is 0 Å². The Labute approximate surface area is 153 Å². The topological polar surface area (TPSA) is 59.6 Å². The van der Waals surface area contributed by atoms with E-state index in [0.717, 1.165) is 5.56 Å². The molecule has 26 heavy (non-hydrogen) atoms. The Kier molecular flexibility index (Phi) is 6.57. The molecule has 2 aromatic carbocycles. The molecule has 0 fully saturated rings. The Morgan fingerprint density at radius 1 is 1.15 bits per heavy atom. The molecular formula is C17H16ClF3N2O3. The monoisotopic (exact) mass is 388 g/mol. The maximum Gasteiger partial charge on any atom is 0.422 e. The molecule has 0 radical (unpaired) electrons. The Bertz CT molecular complexity index is 769. The van der Waals surface area contributed by atoms with E-state index in [0.29, 0.717) is 5.02 Å². The van der Waals surface area contributed by atoms with E-state index in [1.54, 1.807) is 24.3 Å². The van der Waals surface area contributed by atoms with E-state index in [1.165, 1.54) is 25.3 Å². The fourth-order valence-electron chi connectivity index (χ4n) is 2.03. The van der Waals surface area contributed by atoms with E-state index in [4.69, 9.17) is 21.1 Å². The van der Waals surface area contributed by atoms with Crippen molar-refractivity contribution < 1.29 is 27.4 Å². The van der Waals surface area contributed by atoms with Crippen LogP contribution >= 0.6 is 11.6 Å². The third-order valence-corrected chi connectivity index (χ3v) is 3.39. The van der Waals surface area contributed by atoms with Crippen LogP contribution < -0.4 is 20.1 Å². The van der Waals surface area contributed by atoms with Crippen molar-refractivity contribution in [2.24, 2.45) is 0 Å². The van der Waals surface area contributed by atoms with Crippen molar-refractivity contribution in [2.45, 2.75) is 12.7 Å². The minimum absolute atomic E-state index is 0.124. The van der Waals surface area contributed by atoms with Gasteiger partial charge in [0.15, 0.2) is 18.1 Å². The van der Waals surface area contributed by atoms with Gasteiger partial charge in [-0.3, -0.25) is 0 Å². The first kappa shape index (κ1) is 19.7. The van der Waals surface area contributed by atoms with Crippen molar-refractivity contribution in [3.63, 3.8) is 0 Å². The number of amides is 2. The summed E-state index contributed by atoms with van der Waals surface area (Å²) in [6.45, 7) is -1.23.